The third-order valence-electron chi connectivity index (χ3n) is 3.02. The van der Waals surface area contributed by atoms with E-state index in [-0.39, 0.29) is 0 Å². The molecule has 0 amide bonds. The first-order valence-corrected chi connectivity index (χ1v) is 5.97. The Bertz CT molecular complexity index is 332. The average Bonchev–Trinajstić information content (AvgIpc) is 2.73. The van der Waals surface area contributed by atoms with Crippen LogP contribution in [0.4, 0.5) is 5.69 Å². The average molecular weight is 226 g/mol. The van der Waals surface area contributed by atoms with E-state index in [9.17, 15) is 0 Å². The maximum atomic E-state index is 6.06. The zero-order valence-electron chi connectivity index (χ0n) is 9.09. The van der Waals surface area contributed by atoms with Crippen LogP contribution in [0.5, 0.6) is 0 Å². The number of hydrogen-bond donors (Lipinski definition) is 2. The van der Waals surface area contributed by atoms with E-state index in [1.54, 1.807) is 0 Å². The normalized spacial score (nSPS) is 20.5. The lowest BCUT2D eigenvalue weighted by atomic mass is 10.2. The number of quaternary nitrogens is 1. The fraction of sp³-hybridized carbons (Fsp3) is 0.500. The summed E-state index contributed by atoms with van der Waals surface area (Å²) in [7, 11) is 0. The van der Waals surface area contributed by atoms with Gasteiger partial charge in [-0.05, 0) is 24.6 Å². The molecule has 3 N–H and O–H groups in total. The van der Waals surface area contributed by atoms with Crippen LogP contribution in [0, 0.1) is 6.92 Å². The minimum Gasteiger partial charge on any atom is -0.379 e. The smallest absolute Gasteiger partial charge is 0.104 e. The van der Waals surface area contributed by atoms with Gasteiger partial charge < -0.3 is 10.6 Å². The molecule has 3 heteroatoms. The number of anilines is 1. The molecule has 0 spiro atoms. The number of aryl methyl sites for hydroxylation is 1. The summed E-state index contributed by atoms with van der Waals surface area (Å²) in [5.74, 6) is 0. The maximum absolute atomic E-state index is 6.06. The Morgan fingerprint density at radius 3 is 3.07 bits per heavy atom. The quantitative estimate of drug-likeness (QED) is 0.807. The minimum atomic E-state index is 0.741. The number of nitrogens with two attached hydrogens (primary N) is 1. The highest BCUT2D eigenvalue weighted by Gasteiger charge is 2.17. The lowest BCUT2D eigenvalue weighted by molar-refractivity contribution is -0.666. The predicted molar refractivity (Wildman–Crippen MR) is 64.5 cm³/mol. The molecule has 0 radical (unpaired) electrons. The van der Waals surface area contributed by atoms with Crippen molar-refractivity contribution < 1.29 is 5.32 Å². The summed E-state index contributed by atoms with van der Waals surface area (Å²) in [5, 5.41) is 6.70. The van der Waals surface area contributed by atoms with Crippen molar-refractivity contribution in [3.05, 3.63) is 28.8 Å². The zero-order chi connectivity index (χ0) is 10.7. The molecular weight excluding hydrogens is 208 g/mol. The molecule has 1 aromatic rings. The summed E-state index contributed by atoms with van der Waals surface area (Å²) in [6.45, 7) is 4.34. The Balaban J connectivity index is 1.90. The lowest BCUT2D eigenvalue weighted by Gasteiger charge is -2.10. The molecule has 0 bridgehead atoms. The molecule has 0 aliphatic carbocycles. The van der Waals surface area contributed by atoms with Crippen LogP contribution in [0.1, 0.15) is 18.4 Å². The summed E-state index contributed by atoms with van der Waals surface area (Å²) in [6, 6.07) is 6.90. The monoisotopic (exact) mass is 225 g/mol. The van der Waals surface area contributed by atoms with Crippen LogP contribution < -0.4 is 10.6 Å². The van der Waals surface area contributed by atoms with Gasteiger partial charge in [0, 0.05) is 23.6 Å². The van der Waals surface area contributed by atoms with Crippen LogP contribution in [0.15, 0.2) is 18.2 Å². The molecule has 1 aliphatic heterocycles. The molecule has 1 aromatic carbocycles. The van der Waals surface area contributed by atoms with Crippen molar-refractivity contribution in [2.24, 2.45) is 0 Å². The second-order valence-electron chi connectivity index (χ2n) is 4.27. The van der Waals surface area contributed by atoms with Crippen molar-refractivity contribution in [1.29, 1.82) is 0 Å². The molecule has 0 unspecified atom stereocenters. The molecule has 1 atom stereocenters. The van der Waals surface area contributed by atoms with E-state index < -0.39 is 0 Å². The lowest BCUT2D eigenvalue weighted by Crippen LogP contribution is -2.87. The summed E-state index contributed by atoms with van der Waals surface area (Å²) in [5.41, 5.74) is 2.26. The van der Waals surface area contributed by atoms with Crippen molar-refractivity contribution in [2.45, 2.75) is 25.8 Å². The van der Waals surface area contributed by atoms with Gasteiger partial charge >= 0.3 is 0 Å². The van der Waals surface area contributed by atoms with Crippen molar-refractivity contribution in [1.82, 2.24) is 0 Å². The minimum absolute atomic E-state index is 0.741. The molecule has 1 saturated heterocycles. The maximum Gasteiger partial charge on any atom is 0.104 e. The Morgan fingerprint density at radius 2 is 2.40 bits per heavy atom. The van der Waals surface area contributed by atoms with Gasteiger partial charge in [-0.3, -0.25) is 0 Å². The Kier molecular flexibility index (Phi) is 3.49. The third kappa shape index (κ3) is 2.86. The van der Waals surface area contributed by atoms with Crippen LogP contribution in [0.3, 0.4) is 0 Å². The number of halogens is 1. The van der Waals surface area contributed by atoms with E-state index in [4.69, 9.17) is 11.6 Å². The predicted octanol–water partition coefficient (Wildman–Crippen LogP) is 1.79. The zero-order valence-corrected chi connectivity index (χ0v) is 9.85. The molecule has 0 saturated carbocycles. The van der Waals surface area contributed by atoms with E-state index in [0.717, 1.165) is 28.9 Å². The van der Waals surface area contributed by atoms with Gasteiger partial charge in [0.25, 0.3) is 0 Å². The first-order chi connectivity index (χ1) is 7.25. The van der Waals surface area contributed by atoms with Gasteiger partial charge in [-0.25, -0.2) is 0 Å². The van der Waals surface area contributed by atoms with Crippen LogP contribution in [-0.2, 0) is 0 Å². The summed E-state index contributed by atoms with van der Waals surface area (Å²) in [4.78, 5) is 0. The number of hydrogen-bond acceptors (Lipinski definition) is 1. The largest absolute Gasteiger partial charge is 0.379 e. The highest BCUT2D eigenvalue weighted by atomic mass is 35.5. The van der Waals surface area contributed by atoms with Crippen molar-refractivity contribution in [3.63, 3.8) is 0 Å². The van der Waals surface area contributed by atoms with Gasteiger partial charge in [-0.1, -0.05) is 17.7 Å². The molecule has 1 fully saturated rings. The number of nitrogens with one attached hydrogen (secondary N) is 1. The second-order valence-corrected chi connectivity index (χ2v) is 4.68. The van der Waals surface area contributed by atoms with Crippen LogP contribution in [-0.4, -0.2) is 19.1 Å². The Labute approximate surface area is 96.0 Å². The van der Waals surface area contributed by atoms with Gasteiger partial charge in [-0.15, -0.1) is 0 Å². The second kappa shape index (κ2) is 4.86. The van der Waals surface area contributed by atoms with Crippen molar-refractivity contribution in [3.8, 4) is 0 Å². The molecular formula is C12H18ClN2+. The van der Waals surface area contributed by atoms with Crippen LogP contribution >= 0.6 is 11.6 Å². The number of rotatable bonds is 3. The fourth-order valence-corrected chi connectivity index (χ4v) is 2.17. The molecule has 82 valence electrons. The summed E-state index contributed by atoms with van der Waals surface area (Å²) in [6.07, 6.45) is 2.67. The standard InChI is InChI=1S/C12H17ClN2/c1-9-4-5-10(7-12(9)13)15-8-11-3-2-6-14-11/h4-5,7,11,14-15H,2-3,6,8H2,1H3/p+1/t11-/m0/s1. The highest BCUT2D eigenvalue weighted by Crippen LogP contribution is 2.19. The van der Waals surface area contributed by atoms with E-state index >= 15 is 0 Å². The fourth-order valence-electron chi connectivity index (χ4n) is 1.99. The van der Waals surface area contributed by atoms with E-state index in [2.05, 4.69) is 22.8 Å². The van der Waals surface area contributed by atoms with Crippen molar-refractivity contribution >= 4 is 17.3 Å². The Hall–Kier alpha value is -0.730. The first-order valence-electron chi connectivity index (χ1n) is 5.59. The van der Waals surface area contributed by atoms with Gasteiger partial charge in [0.2, 0.25) is 0 Å². The topological polar surface area (TPSA) is 28.6 Å². The third-order valence-corrected chi connectivity index (χ3v) is 3.43. The molecule has 2 nitrogen and oxygen atoms in total. The van der Waals surface area contributed by atoms with E-state index in [0.29, 0.717) is 0 Å². The van der Waals surface area contributed by atoms with Crippen molar-refractivity contribution in [2.75, 3.05) is 18.4 Å². The molecule has 2 rings (SSSR count). The van der Waals surface area contributed by atoms with Gasteiger partial charge in [-0.2, -0.15) is 0 Å². The van der Waals surface area contributed by atoms with E-state index in [1.165, 1.54) is 19.4 Å². The molecule has 1 heterocycles. The van der Waals surface area contributed by atoms with Crippen LogP contribution in [0.2, 0.25) is 5.02 Å². The summed E-state index contributed by atoms with van der Waals surface area (Å²) < 4.78 is 0. The Morgan fingerprint density at radius 1 is 1.53 bits per heavy atom. The SMILES string of the molecule is Cc1ccc(NC[C@@H]2CCC[NH2+]2)cc1Cl. The van der Waals surface area contributed by atoms with Crippen LogP contribution in [0.25, 0.3) is 0 Å². The number of benzene rings is 1. The molecule has 1 aliphatic rings. The molecule has 15 heavy (non-hydrogen) atoms. The summed E-state index contributed by atoms with van der Waals surface area (Å²) >= 11 is 6.06. The van der Waals surface area contributed by atoms with Gasteiger partial charge in [0.15, 0.2) is 0 Å². The first kappa shape index (κ1) is 10.8. The highest BCUT2D eigenvalue weighted by molar-refractivity contribution is 6.31. The molecule has 0 aromatic heterocycles. The van der Waals surface area contributed by atoms with Gasteiger partial charge in [0.05, 0.1) is 13.1 Å². The van der Waals surface area contributed by atoms with Gasteiger partial charge in [0.1, 0.15) is 6.04 Å². The van der Waals surface area contributed by atoms with E-state index in [1.807, 2.05) is 13.0 Å².